The van der Waals surface area contributed by atoms with Crippen LogP contribution in [-0.2, 0) is 11.0 Å². The Bertz CT molecular complexity index is 1030. The fraction of sp³-hybridized carbons (Fsp3) is 0.211. The van der Waals surface area contributed by atoms with E-state index in [1.54, 1.807) is 18.2 Å². The van der Waals surface area contributed by atoms with Crippen LogP contribution in [0.15, 0.2) is 42.6 Å². The van der Waals surface area contributed by atoms with Crippen LogP contribution in [0.3, 0.4) is 0 Å². The van der Waals surface area contributed by atoms with Gasteiger partial charge >= 0.3 is 12.3 Å². The van der Waals surface area contributed by atoms with Gasteiger partial charge in [0.05, 0.1) is 18.5 Å². The maximum Gasteiger partial charge on any atom is 0.490 e. The fourth-order valence-electron chi connectivity index (χ4n) is 2.70. The predicted octanol–water partition coefficient (Wildman–Crippen LogP) is 4.28. The number of hydrogen-bond donors (Lipinski definition) is 1. The molecule has 0 radical (unpaired) electrons. The Balaban J connectivity index is 2.15. The zero-order valence-electron chi connectivity index (χ0n) is 15.0. The first-order valence-electron chi connectivity index (χ1n) is 8.32. The first kappa shape index (κ1) is 19.4. The van der Waals surface area contributed by atoms with Crippen molar-refractivity contribution in [2.24, 2.45) is 0 Å². The number of alkyl halides is 3. The summed E-state index contributed by atoms with van der Waals surface area (Å²) in [4.78, 5) is 19.9. The molecule has 9 heteroatoms. The summed E-state index contributed by atoms with van der Waals surface area (Å²) in [5.74, 6) is -1.74. The number of halogens is 3. The van der Waals surface area contributed by atoms with Crippen molar-refractivity contribution < 1.29 is 27.8 Å². The van der Waals surface area contributed by atoms with E-state index < -0.39 is 23.8 Å². The lowest BCUT2D eigenvalue weighted by Gasteiger charge is -2.14. The van der Waals surface area contributed by atoms with Gasteiger partial charge < -0.3 is 9.84 Å². The van der Waals surface area contributed by atoms with E-state index in [4.69, 9.17) is 0 Å². The molecule has 0 saturated heterocycles. The van der Waals surface area contributed by atoms with Crippen LogP contribution in [0.4, 0.5) is 13.2 Å². The second-order valence-electron chi connectivity index (χ2n) is 5.92. The number of esters is 1. The lowest BCUT2D eigenvalue weighted by atomic mass is 10.1. The number of rotatable bonds is 4. The molecular formula is C19H16F3N3O3. The van der Waals surface area contributed by atoms with Gasteiger partial charge in [-0.2, -0.15) is 0 Å². The highest BCUT2D eigenvalue weighted by molar-refractivity contribution is 5.88. The van der Waals surface area contributed by atoms with Gasteiger partial charge in [-0.05, 0) is 38.1 Å². The largest absolute Gasteiger partial charge is 0.507 e. The van der Waals surface area contributed by atoms with E-state index >= 15 is 0 Å². The van der Waals surface area contributed by atoms with Crippen molar-refractivity contribution in [3.8, 4) is 28.5 Å². The minimum Gasteiger partial charge on any atom is -0.507 e. The third kappa shape index (κ3) is 3.68. The molecule has 0 atom stereocenters. The third-order valence-corrected chi connectivity index (χ3v) is 3.91. The molecule has 6 nitrogen and oxygen atoms in total. The van der Waals surface area contributed by atoms with Crippen LogP contribution in [0.25, 0.3) is 22.8 Å². The van der Waals surface area contributed by atoms with Crippen molar-refractivity contribution in [2.75, 3.05) is 6.61 Å². The predicted molar refractivity (Wildman–Crippen MR) is 94.6 cm³/mol. The number of nitrogens with zero attached hydrogens (tertiary/aromatic N) is 3. The third-order valence-electron chi connectivity index (χ3n) is 3.91. The maximum absolute atomic E-state index is 13.6. The summed E-state index contributed by atoms with van der Waals surface area (Å²) >= 11 is 0. The number of phenols is 1. The van der Waals surface area contributed by atoms with Crippen molar-refractivity contribution in [1.82, 2.24) is 14.5 Å². The molecule has 1 N–H and O–H groups in total. The molecule has 0 fully saturated rings. The summed E-state index contributed by atoms with van der Waals surface area (Å²) in [6, 6.07) is 9.25. The topological polar surface area (TPSA) is 77.2 Å². The Morgan fingerprint density at radius 2 is 1.93 bits per heavy atom. The maximum atomic E-state index is 13.6. The second-order valence-corrected chi connectivity index (χ2v) is 5.92. The zero-order chi connectivity index (χ0) is 20.5. The molecule has 0 unspecified atom stereocenters. The van der Waals surface area contributed by atoms with E-state index in [9.17, 15) is 23.1 Å². The molecule has 28 heavy (non-hydrogen) atoms. The molecule has 146 valence electrons. The monoisotopic (exact) mass is 391 g/mol. The summed E-state index contributed by atoms with van der Waals surface area (Å²) in [6.07, 6.45) is -4.10. The Morgan fingerprint density at radius 3 is 2.61 bits per heavy atom. The molecule has 0 aliphatic rings. The van der Waals surface area contributed by atoms with Crippen molar-refractivity contribution in [1.29, 1.82) is 0 Å². The molecule has 3 aromatic rings. The number of hydrogen-bond acceptors (Lipinski definition) is 5. The van der Waals surface area contributed by atoms with E-state index in [0.29, 0.717) is 5.56 Å². The summed E-state index contributed by atoms with van der Waals surface area (Å²) in [6.45, 7) is 3.23. The fourth-order valence-corrected chi connectivity index (χ4v) is 2.70. The standard InChI is InChI=1S/C19H16F3N3O3/c1-3-28-18(27)15-10-23-17(25(15)19(20,21)22)14-6-4-5-13(24-14)12-9-11(2)7-8-16(12)26/h4-10,26H,3H2,1-2H3. The van der Waals surface area contributed by atoms with Crippen LogP contribution in [0.5, 0.6) is 5.75 Å². The van der Waals surface area contributed by atoms with Crippen molar-refractivity contribution in [3.05, 3.63) is 53.9 Å². The van der Waals surface area contributed by atoms with Gasteiger partial charge in [-0.1, -0.05) is 17.7 Å². The zero-order valence-corrected chi connectivity index (χ0v) is 15.0. The van der Waals surface area contributed by atoms with Gasteiger partial charge in [0.1, 0.15) is 11.4 Å². The number of aromatic hydroxyl groups is 1. The molecule has 2 heterocycles. The Labute approximate surface area is 158 Å². The highest BCUT2D eigenvalue weighted by atomic mass is 19.4. The van der Waals surface area contributed by atoms with Crippen LogP contribution >= 0.6 is 0 Å². The summed E-state index contributed by atoms with van der Waals surface area (Å²) < 4.78 is 45.4. The number of phenolic OH excluding ortho intramolecular Hbond substituents is 1. The minimum atomic E-state index is -4.91. The first-order chi connectivity index (χ1) is 13.2. The summed E-state index contributed by atoms with van der Waals surface area (Å²) in [5, 5.41) is 10.1. The summed E-state index contributed by atoms with van der Waals surface area (Å²) in [5.41, 5.74) is 0.647. The number of aryl methyl sites for hydroxylation is 1. The molecular weight excluding hydrogens is 375 g/mol. The van der Waals surface area contributed by atoms with Crippen molar-refractivity contribution in [3.63, 3.8) is 0 Å². The SMILES string of the molecule is CCOC(=O)c1cnc(-c2cccc(-c3cc(C)ccc3O)n2)n1C(F)(F)F. The Morgan fingerprint density at radius 1 is 1.21 bits per heavy atom. The van der Waals surface area contributed by atoms with Gasteiger partial charge in [-0.25, -0.2) is 19.3 Å². The van der Waals surface area contributed by atoms with Gasteiger partial charge in [-0.15, -0.1) is 13.2 Å². The number of carbonyl (C=O) groups excluding carboxylic acids is 1. The number of aromatic nitrogens is 3. The van der Waals surface area contributed by atoms with Gasteiger partial charge in [0.2, 0.25) is 0 Å². The van der Waals surface area contributed by atoms with E-state index in [0.717, 1.165) is 11.8 Å². The number of benzene rings is 1. The Kier molecular flexibility index (Phi) is 5.08. The molecule has 0 aliphatic carbocycles. The number of carbonyl (C=O) groups is 1. The molecule has 0 aliphatic heterocycles. The van der Waals surface area contributed by atoms with Crippen LogP contribution in [-0.4, -0.2) is 32.2 Å². The average Bonchev–Trinajstić information content (AvgIpc) is 3.10. The summed E-state index contributed by atoms with van der Waals surface area (Å²) in [7, 11) is 0. The molecule has 0 amide bonds. The molecule has 0 bridgehead atoms. The number of pyridine rings is 1. The normalized spacial score (nSPS) is 11.5. The smallest absolute Gasteiger partial charge is 0.490 e. The van der Waals surface area contributed by atoms with E-state index in [2.05, 4.69) is 14.7 Å². The minimum absolute atomic E-state index is 0.0541. The lowest BCUT2D eigenvalue weighted by Crippen LogP contribution is -2.24. The van der Waals surface area contributed by atoms with Gasteiger partial charge in [-0.3, -0.25) is 0 Å². The second kappa shape index (κ2) is 7.34. The van der Waals surface area contributed by atoms with Crippen LogP contribution < -0.4 is 0 Å². The van der Waals surface area contributed by atoms with Crippen molar-refractivity contribution >= 4 is 5.97 Å². The van der Waals surface area contributed by atoms with Crippen LogP contribution in [0, 0.1) is 6.92 Å². The van der Waals surface area contributed by atoms with Crippen LogP contribution in [0.1, 0.15) is 23.0 Å². The highest BCUT2D eigenvalue weighted by Crippen LogP contribution is 2.33. The molecule has 0 saturated carbocycles. The number of imidazole rings is 1. The molecule has 1 aromatic carbocycles. The lowest BCUT2D eigenvalue weighted by molar-refractivity contribution is -0.203. The molecule has 2 aromatic heterocycles. The van der Waals surface area contributed by atoms with Crippen molar-refractivity contribution in [2.45, 2.75) is 20.1 Å². The average molecular weight is 391 g/mol. The van der Waals surface area contributed by atoms with Gasteiger partial charge in [0, 0.05) is 5.56 Å². The van der Waals surface area contributed by atoms with E-state index in [1.165, 1.54) is 25.1 Å². The number of ether oxygens (including phenoxy) is 1. The van der Waals surface area contributed by atoms with Gasteiger partial charge in [0.15, 0.2) is 11.5 Å². The molecule has 3 rings (SSSR count). The Hall–Kier alpha value is -3.36. The quantitative estimate of drug-likeness (QED) is 0.672. The van der Waals surface area contributed by atoms with E-state index in [1.807, 2.05) is 6.92 Å². The van der Waals surface area contributed by atoms with Crippen LogP contribution in [0.2, 0.25) is 0 Å². The van der Waals surface area contributed by atoms with Gasteiger partial charge in [0.25, 0.3) is 0 Å². The molecule has 0 spiro atoms. The van der Waals surface area contributed by atoms with E-state index in [-0.39, 0.29) is 28.3 Å². The highest BCUT2D eigenvalue weighted by Gasteiger charge is 2.39. The first-order valence-corrected chi connectivity index (χ1v) is 8.32.